The van der Waals surface area contributed by atoms with Gasteiger partial charge in [0.1, 0.15) is 5.82 Å². The molecule has 102 valence electrons. The minimum atomic E-state index is -2.16. The molecule has 0 saturated carbocycles. The van der Waals surface area contributed by atoms with Crippen LogP contribution >= 0.6 is 0 Å². The predicted molar refractivity (Wildman–Crippen MR) is 74.1 cm³/mol. The first kappa shape index (κ1) is 18.0. The average Bonchev–Trinajstić information content (AvgIpc) is 2.45. The van der Waals surface area contributed by atoms with Crippen molar-refractivity contribution in [3.8, 4) is 11.8 Å². The summed E-state index contributed by atoms with van der Waals surface area (Å²) in [7, 11) is 0. The standard InChI is InChI=1S/C15H12FNO2S.Na/c16-15-11-13(2-1-12-5-8-17-9-6-12)3-4-14(15)7-10-20(18)19;/h3-6,8-9,11H,7,10H2,(H,18,19);/q;+1/p-1. The van der Waals surface area contributed by atoms with Gasteiger partial charge in [-0.05, 0) is 36.2 Å². The van der Waals surface area contributed by atoms with Gasteiger partial charge in [-0.1, -0.05) is 29.0 Å². The van der Waals surface area contributed by atoms with Gasteiger partial charge < -0.3 is 4.55 Å². The molecule has 1 unspecified atom stereocenters. The third-order valence-corrected chi connectivity index (χ3v) is 3.16. The minimum absolute atomic E-state index is 0. The normalized spacial score (nSPS) is 11.0. The molecule has 2 rings (SSSR count). The van der Waals surface area contributed by atoms with Gasteiger partial charge in [0, 0.05) is 29.3 Å². The summed E-state index contributed by atoms with van der Waals surface area (Å²) in [6.07, 6.45) is 3.44. The second-order valence-corrected chi connectivity index (χ2v) is 5.07. The molecule has 0 fully saturated rings. The van der Waals surface area contributed by atoms with E-state index in [-0.39, 0.29) is 41.7 Å². The van der Waals surface area contributed by atoms with Crippen molar-refractivity contribution in [2.24, 2.45) is 0 Å². The van der Waals surface area contributed by atoms with E-state index in [2.05, 4.69) is 16.8 Å². The van der Waals surface area contributed by atoms with Crippen molar-refractivity contribution in [3.05, 3.63) is 65.2 Å². The average molecular weight is 311 g/mol. The van der Waals surface area contributed by atoms with Crippen LogP contribution in [0.1, 0.15) is 16.7 Å². The first-order valence-electron chi connectivity index (χ1n) is 5.91. The Morgan fingerprint density at radius 3 is 2.43 bits per heavy atom. The van der Waals surface area contributed by atoms with Crippen LogP contribution < -0.4 is 29.6 Å². The number of nitrogens with zero attached hydrogens (tertiary/aromatic N) is 1. The van der Waals surface area contributed by atoms with Crippen molar-refractivity contribution >= 4 is 11.1 Å². The molecular weight excluding hydrogens is 300 g/mol. The third kappa shape index (κ3) is 6.08. The molecule has 0 radical (unpaired) electrons. The Morgan fingerprint density at radius 1 is 1.14 bits per heavy atom. The smallest absolute Gasteiger partial charge is 0.772 e. The molecule has 6 heteroatoms. The van der Waals surface area contributed by atoms with E-state index >= 15 is 0 Å². The fourth-order valence-electron chi connectivity index (χ4n) is 1.60. The van der Waals surface area contributed by atoms with Crippen molar-refractivity contribution in [2.75, 3.05) is 5.75 Å². The summed E-state index contributed by atoms with van der Waals surface area (Å²) in [6.45, 7) is 0. The van der Waals surface area contributed by atoms with Crippen molar-refractivity contribution in [1.82, 2.24) is 4.98 Å². The number of rotatable bonds is 3. The first-order valence-corrected chi connectivity index (χ1v) is 7.16. The fourth-order valence-corrected chi connectivity index (χ4v) is 1.99. The van der Waals surface area contributed by atoms with Gasteiger partial charge in [-0.25, -0.2) is 4.39 Å². The van der Waals surface area contributed by atoms with Crippen LogP contribution in [0.3, 0.4) is 0 Å². The molecule has 1 heterocycles. The van der Waals surface area contributed by atoms with Gasteiger partial charge in [-0.15, -0.1) is 0 Å². The Morgan fingerprint density at radius 2 is 1.81 bits per heavy atom. The van der Waals surface area contributed by atoms with Crippen LogP contribution in [-0.2, 0) is 17.5 Å². The molecule has 1 aromatic heterocycles. The molecule has 2 aromatic rings. The maximum atomic E-state index is 13.7. The summed E-state index contributed by atoms with van der Waals surface area (Å²) in [5, 5.41) is 0. The quantitative estimate of drug-likeness (QED) is 0.417. The summed E-state index contributed by atoms with van der Waals surface area (Å²) in [4.78, 5) is 3.88. The first-order chi connectivity index (χ1) is 9.65. The van der Waals surface area contributed by atoms with Gasteiger partial charge in [0.05, 0.1) is 0 Å². The zero-order valence-electron chi connectivity index (χ0n) is 11.5. The molecule has 0 bridgehead atoms. The van der Waals surface area contributed by atoms with Crippen molar-refractivity contribution < 1.29 is 42.7 Å². The molecule has 1 atom stereocenters. The van der Waals surface area contributed by atoms with Crippen LogP contribution in [0.5, 0.6) is 0 Å². The van der Waals surface area contributed by atoms with Crippen molar-refractivity contribution in [1.29, 1.82) is 0 Å². The Labute approximate surface area is 147 Å². The van der Waals surface area contributed by atoms with E-state index in [0.29, 0.717) is 11.1 Å². The summed E-state index contributed by atoms with van der Waals surface area (Å²) < 4.78 is 34.7. The van der Waals surface area contributed by atoms with Crippen LogP contribution in [0.25, 0.3) is 0 Å². The van der Waals surface area contributed by atoms with Crippen LogP contribution in [0, 0.1) is 17.7 Å². The number of hydrogen-bond donors (Lipinski definition) is 0. The fraction of sp³-hybridized carbons (Fsp3) is 0.133. The van der Waals surface area contributed by atoms with Gasteiger partial charge in [0.15, 0.2) is 0 Å². The van der Waals surface area contributed by atoms with Crippen molar-refractivity contribution in [2.45, 2.75) is 6.42 Å². The van der Waals surface area contributed by atoms with Gasteiger partial charge in [-0.3, -0.25) is 9.19 Å². The molecule has 1 aromatic carbocycles. The zero-order chi connectivity index (χ0) is 14.4. The number of hydrogen-bond acceptors (Lipinski definition) is 3. The second kappa shape index (κ2) is 9.08. The van der Waals surface area contributed by atoms with Gasteiger partial charge in [0.2, 0.25) is 0 Å². The SMILES string of the molecule is O=S([O-])CCc1ccc(C#Cc2ccncc2)cc1F.[Na+]. The largest absolute Gasteiger partial charge is 1.00 e. The van der Waals surface area contributed by atoms with Crippen LogP contribution in [-0.4, -0.2) is 19.5 Å². The Bertz CT molecular complexity index is 683. The Balaban J connectivity index is 0.00000220. The molecule has 0 aliphatic rings. The summed E-state index contributed by atoms with van der Waals surface area (Å²) in [6, 6.07) is 8.10. The van der Waals surface area contributed by atoms with Crippen LogP contribution in [0.2, 0.25) is 0 Å². The molecule has 0 N–H and O–H groups in total. The van der Waals surface area contributed by atoms with E-state index in [0.717, 1.165) is 5.56 Å². The minimum Gasteiger partial charge on any atom is -0.772 e. The van der Waals surface area contributed by atoms with Crippen LogP contribution in [0.4, 0.5) is 4.39 Å². The molecule has 0 aliphatic heterocycles. The van der Waals surface area contributed by atoms with Crippen molar-refractivity contribution in [3.63, 3.8) is 0 Å². The van der Waals surface area contributed by atoms with Gasteiger partial charge in [0.25, 0.3) is 0 Å². The number of benzene rings is 1. The van der Waals surface area contributed by atoms with Gasteiger partial charge >= 0.3 is 29.6 Å². The molecular formula is C15H11FNNaO2S. The monoisotopic (exact) mass is 311 g/mol. The summed E-state index contributed by atoms with van der Waals surface area (Å²) in [5.74, 6) is 5.24. The third-order valence-electron chi connectivity index (χ3n) is 2.62. The molecule has 0 saturated heterocycles. The topological polar surface area (TPSA) is 53.0 Å². The number of halogens is 1. The Kier molecular flexibility index (Phi) is 7.79. The number of aromatic nitrogens is 1. The van der Waals surface area contributed by atoms with E-state index in [1.807, 2.05) is 0 Å². The Hall–Kier alpha value is -1.03. The summed E-state index contributed by atoms with van der Waals surface area (Å²) >= 11 is -2.16. The zero-order valence-corrected chi connectivity index (χ0v) is 14.3. The van der Waals surface area contributed by atoms with E-state index in [1.165, 1.54) is 6.07 Å². The maximum absolute atomic E-state index is 13.7. The molecule has 0 spiro atoms. The van der Waals surface area contributed by atoms with Gasteiger partial charge in [-0.2, -0.15) is 0 Å². The number of aryl methyl sites for hydroxylation is 1. The number of pyridine rings is 1. The van der Waals surface area contributed by atoms with E-state index in [9.17, 15) is 13.2 Å². The maximum Gasteiger partial charge on any atom is 1.00 e. The van der Waals surface area contributed by atoms with E-state index in [1.54, 1.807) is 36.7 Å². The molecule has 21 heavy (non-hydrogen) atoms. The predicted octanol–water partition coefficient (Wildman–Crippen LogP) is -0.954. The van der Waals surface area contributed by atoms with E-state index in [4.69, 9.17) is 0 Å². The summed E-state index contributed by atoms with van der Waals surface area (Å²) in [5.41, 5.74) is 1.72. The van der Waals surface area contributed by atoms with Crippen LogP contribution in [0.15, 0.2) is 42.7 Å². The molecule has 0 aliphatic carbocycles. The second-order valence-electron chi connectivity index (χ2n) is 4.05. The molecule has 0 amide bonds. The molecule has 3 nitrogen and oxygen atoms in total. The van der Waals surface area contributed by atoms with E-state index < -0.39 is 16.9 Å².